The Kier molecular flexibility index (Phi) is 4.59. The first-order valence-electron chi connectivity index (χ1n) is 9.95. The Morgan fingerprint density at radius 1 is 0.935 bits per heavy atom. The molecule has 152 valence electrons. The lowest BCUT2D eigenvalue weighted by Gasteiger charge is -2.05. The third-order valence-corrected chi connectivity index (χ3v) is 5.18. The second-order valence-corrected chi connectivity index (χ2v) is 7.36. The van der Waals surface area contributed by atoms with Crippen LogP contribution in [-0.2, 0) is 6.42 Å². The van der Waals surface area contributed by atoms with Gasteiger partial charge in [-0.2, -0.15) is 0 Å². The van der Waals surface area contributed by atoms with Crippen LogP contribution in [-0.4, -0.2) is 20.7 Å². The molecule has 2 aromatic carbocycles. The summed E-state index contributed by atoms with van der Waals surface area (Å²) in [5.74, 6) is 1.77. The van der Waals surface area contributed by atoms with Gasteiger partial charge in [0.25, 0.3) is 5.56 Å². The zero-order chi connectivity index (χ0) is 21.4. The van der Waals surface area contributed by atoms with Crippen LogP contribution < -0.4 is 5.56 Å². The lowest BCUT2D eigenvalue weighted by atomic mass is 9.98. The average Bonchev–Trinajstić information content (AvgIpc) is 3.38. The van der Waals surface area contributed by atoms with Crippen molar-refractivity contribution in [2.45, 2.75) is 13.3 Å². The van der Waals surface area contributed by atoms with Gasteiger partial charge >= 0.3 is 0 Å². The predicted octanol–water partition coefficient (Wildman–Crippen LogP) is 4.64. The van der Waals surface area contributed by atoms with Gasteiger partial charge in [0.1, 0.15) is 23.0 Å². The normalized spacial score (nSPS) is 11.1. The maximum atomic E-state index is 13.3. The van der Waals surface area contributed by atoms with Gasteiger partial charge in [-0.3, -0.25) is 9.59 Å². The Balaban J connectivity index is 1.71. The highest BCUT2D eigenvalue weighted by atomic mass is 16.3. The topological polar surface area (TPSA) is 91.8 Å². The van der Waals surface area contributed by atoms with E-state index in [1.165, 1.54) is 0 Å². The van der Waals surface area contributed by atoms with Crippen molar-refractivity contribution in [3.05, 3.63) is 112 Å². The van der Waals surface area contributed by atoms with Crippen molar-refractivity contribution in [1.29, 1.82) is 0 Å². The van der Waals surface area contributed by atoms with Gasteiger partial charge in [-0.05, 0) is 24.6 Å². The fourth-order valence-corrected chi connectivity index (χ4v) is 3.77. The summed E-state index contributed by atoms with van der Waals surface area (Å²) in [4.78, 5) is 37.0. The number of aromatic nitrogens is 3. The first-order valence-corrected chi connectivity index (χ1v) is 9.95. The van der Waals surface area contributed by atoms with Gasteiger partial charge in [0, 0.05) is 11.1 Å². The molecule has 6 heteroatoms. The van der Waals surface area contributed by atoms with E-state index in [-0.39, 0.29) is 11.3 Å². The van der Waals surface area contributed by atoms with Crippen molar-refractivity contribution in [2.75, 3.05) is 0 Å². The molecule has 31 heavy (non-hydrogen) atoms. The van der Waals surface area contributed by atoms with Gasteiger partial charge in [-0.1, -0.05) is 60.7 Å². The van der Waals surface area contributed by atoms with Crippen LogP contribution in [0.5, 0.6) is 0 Å². The monoisotopic (exact) mass is 409 g/mol. The molecule has 3 aromatic heterocycles. The molecule has 5 rings (SSSR count). The molecule has 3 heterocycles. The van der Waals surface area contributed by atoms with Gasteiger partial charge in [0.05, 0.1) is 17.5 Å². The highest BCUT2D eigenvalue weighted by Crippen LogP contribution is 2.31. The third-order valence-electron chi connectivity index (χ3n) is 5.18. The van der Waals surface area contributed by atoms with E-state index in [1.807, 2.05) is 67.6 Å². The van der Waals surface area contributed by atoms with Gasteiger partial charge in [-0.25, -0.2) is 4.98 Å². The number of carbonyl (C=O) groups excluding carboxylic acids is 1. The summed E-state index contributed by atoms with van der Waals surface area (Å²) in [6.45, 7) is 1.86. The number of hydrogen-bond acceptors (Lipinski definition) is 4. The predicted molar refractivity (Wildman–Crippen MR) is 118 cm³/mol. The number of aromatic amines is 2. The second kappa shape index (κ2) is 7.57. The number of fused-ring (bicyclic) bond motifs is 1. The molecule has 5 aromatic rings. The first kappa shape index (κ1) is 18.8. The number of hydrogen-bond donors (Lipinski definition) is 2. The summed E-state index contributed by atoms with van der Waals surface area (Å²) in [7, 11) is 0. The van der Waals surface area contributed by atoms with E-state index in [4.69, 9.17) is 4.42 Å². The van der Waals surface area contributed by atoms with E-state index in [2.05, 4.69) is 15.0 Å². The number of nitrogens with zero attached hydrogens (tertiary/aromatic N) is 1. The molecule has 0 amide bonds. The molecule has 0 aliphatic rings. The number of carbonyl (C=O) groups is 1. The largest absolute Gasteiger partial charge is 0.466 e. The number of aryl methyl sites for hydroxylation is 1. The summed E-state index contributed by atoms with van der Waals surface area (Å²) in [5.41, 5.74) is 2.28. The highest BCUT2D eigenvalue weighted by molar-refractivity contribution is 6.16. The van der Waals surface area contributed by atoms with Gasteiger partial charge < -0.3 is 14.4 Å². The maximum Gasteiger partial charge on any atom is 0.261 e. The van der Waals surface area contributed by atoms with Crippen LogP contribution in [0, 0.1) is 6.92 Å². The molecule has 0 unspecified atom stereocenters. The molecule has 0 aliphatic carbocycles. The zero-order valence-electron chi connectivity index (χ0n) is 16.8. The lowest BCUT2D eigenvalue weighted by Crippen LogP contribution is -2.12. The van der Waals surface area contributed by atoms with Crippen molar-refractivity contribution >= 4 is 16.8 Å². The quantitative estimate of drug-likeness (QED) is 0.414. The summed E-state index contributed by atoms with van der Waals surface area (Å²) < 4.78 is 5.61. The number of nitrogens with one attached hydrogen (secondary N) is 2. The van der Waals surface area contributed by atoms with E-state index in [9.17, 15) is 9.59 Å². The SMILES string of the molecule is Cc1ccc(Cc2nc3[nH]c(C(=O)c4ccccc4)c(-c4ccccc4)c3c(=O)[nH]2)o1. The fraction of sp³-hybridized carbons (Fsp3) is 0.0800. The molecule has 0 saturated carbocycles. The van der Waals surface area contributed by atoms with E-state index in [0.717, 1.165) is 11.3 Å². The molecule has 0 aliphatic heterocycles. The third kappa shape index (κ3) is 3.48. The minimum Gasteiger partial charge on any atom is -0.466 e. The van der Waals surface area contributed by atoms with Gasteiger partial charge in [0.2, 0.25) is 5.78 Å². The van der Waals surface area contributed by atoms with Crippen molar-refractivity contribution in [3.8, 4) is 11.1 Å². The summed E-state index contributed by atoms with van der Waals surface area (Å²) in [6.07, 6.45) is 0.348. The van der Waals surface area contributed by atoms with Crippen LogP contribution in [0.25, 0.3) is 22.2 Å². The molecule has 0 saturated heterocycles. The van der Waals surface area contributed by atoms with Crippen LogP contribution in [0.15, 0.2) is 82.0 Å². The van der Waals surface area contributed by atoms with Crippen molar-refractivity contribution < 1.29 is 9.21 Å². The van der Waals surface area contributed by atoms with E-state index in [1.54, 1.807) is 12.1 Å². The molecular formula is C25H19N3O3. The van der Waals surface area contributed by atoms with E-state index < -0.39 is 0 Å². The Hall–Kier alpha value is -4.19. The van der Waals surface area contributed by atoms with Crippen molar-refractivity contribution in [2.24, 2.45) is 0 Å². The van der Waals surface area contributed by atoms with Crippen LogP contribution >= 0.6 is 0 Å². The number of benzene rings is 2. The first-order chi connectivity index (χ1) is 15.1. The Morgan fingerprint density at radius 2 is 1.65 bits per heavy atom. The minimum atomic E-state index is -0.300. The Morgan fingerprint density at radius 3 is 2.32 bits per heavy atom. The molecule has 0 spiro atoms. The van der Waals surface area contributed by atoms with Gasteiger partial charge in [-0.15, -0.1) is 0 Å². The molecule has 2 N–H and O–H groups in total. The van der Waals surface area contributed by atoms with Crippen molar-refractivity contribution in [3.63, 3.8) is 0 Å². The zero-order valence-corrected chi connectivity index (χ0v) is 16.8. The maximum absolute atomic E-state index is 13.3. The van der Waals surface area contributed by atoms with E-state index in [0.29, 0.717) is 45.9 Å². The Labute approximate surface area is 177 Å². The second-order valence-electron chi connectivity index (χ2n) is 7.36. The number of ketones is 1. The smallest absolute Gasteiger partial charge is 0.261 e. The number of furan rings is 1. The van der Waals surface area contributed by atoms with Crippen LogP contribution in [0.1, 0.15) is 33.4 Å². The van der Waals surface area contributed by atoms with Crippen LogP contribution in [0.4, 0.5) is 0 Å². The molecule has 0 atom stereocenters. The van der Waals surface area contributed by atoms with Crippen LogP contribution in [0.2, 0.25) is 0 Å². The summed E-state index contributed by atoms with van der Waals surface area (Å²) >= 11 is 0. The lowest BCUT2D eigenvalue weighted by molar-refractivity contribution is 0.103. The molecular weight excluding hydrogens is 390 g/mol. The van der Waals surface area contributed by atoms with Crippen LogP contribution in [0.3, 0.4) is 0 Å². The standard InChI is InChI=1S/C25H19N3O3/c1-15-12-13-18(31-15)14-19-26-24-21(25(30)27-19)20(16-8-4-2-5-9-16)22(28-24)23(29)17-10-6-3-7-11-17/h2-13H,14H2,1H3,(H2,26,27,28,30). The summed E-state index contributed by atoms with van der Waals surface area (Å²) in [5, 5.41) is 0.366. The molecule has 6 nitrogen and oxygen atoms in total. The Bertz CT molecular complexity index is 1440. The van der Waals surface area contributed by atoms with Crippen molar-refractivity contribution in [1.82, 2.24) is 15.0 Å². The number of H-pyrrole nitrogens is 2. The minimum absolute atomic E-state index is 0.194. The van der Waals surface area contributed by atoms with E-state index >= 15 is 0 Å². The fourth-order valence-electron chi connectivity index (χ4n) is 3.77. The average molecular weight is 409 g/mol. The number of rotatable bonds is 5. The molecule has 0 bridgehead atoms. The highest BCUT2D eigenvalue weighted by Gasteiger charge is 2.23. The molecule has 0 fully saturated rings. The molecule has 0 radical (unpaired) electrons. The van der Waals surface area contributed by atoms with Gasteiger partial charge in [0.15, 0.2) is 0 Å². The summed E-state index contributed by atoms with van der Waals surface area (Å²) in [6, 6.07) is 22.1.